The molecule has 0 radical (unpaired) electrons. The lowest BCUT2D eigenvalue weighted by Crippen LogP contribution is -2.36. The fourth-order valence-electron chi connectivity index (χ4n) is 2.06. The highest BCUT2D eigenvalue weighted by Crippen LogP contribution is 2.22. The van der Waals surface area contributed by atoms with Crippen molar-refractivity contribution in [1.82, 2.24) is 9.88 Å². The summed E-state index contributed by atoms with van der Waals surface area (Å²) in [7, 11) is 1.84. The number of nitrogen functional groups attached to an aromatic ring is 1. The molecule has 0 aliphatic heterocycles. The van der Waals surface area contributed by atoms with E-state index < -0.39 is 0 Å². The molecule has 2 rings (SSSR count). The molecule has 2 aromatic rings. The van der Waals surface area contributed by atoms with Crippen molar-refractivity contribution in [3.05, 3.63) is 30.0 Å². The topological polar surface area (TPSA) is 62.1 Å². The number of benzene rings is 1. The van der Waals surface area contributed by atoms with Crippen molar-refractivity contribution < 1.29 is 4.79 Å². The standard InChI is InChI=1S/C14H19N3OS/c1-9(8-19-3)17(2)14(18)12-7-16-13-5-4-10(15)6-11(12)13/h4-7,9,16H,8,15H2,1-3H3. The van der Waals surface area contributed by atoms with E-state index in [1.807, 2.05) is 31.5 Å². The Bertz CT molecular complexity index is 593. The van der Waals surface area contributed by atoms with E-state index in [-0.39, 0.29) is 11.9 Å². The molecule has 0 aliphatic rings. The van der Waals surface area contributed by atoms with E-state index in [2.05, 4.69) is 11.9 Å². The lowest BCUT2D eigenvalue weighted by Gasteiger charge is -2.24. The van der Waals surface area contributed by atoms with Crippen LogP contribution < -0.4 is 5.73 Å². The van der Waals surface area contributed by atoms with E-state index in [1.165, 1.54) is 0 Å². The highest BCUT2D eigenvalue weighted by molar-refractivity contribution is 7.98. The summed E-state index contributed by atoms with van der Waals surface area (Å²) in [6.45, 7) is 2.05. The SMILES string of the molecule is CSCC(C)N(C)C(=O)c1c[nH]c2ccc(N)cc12. The van der Waals surface area contributed by atoms with Gasteiger partial charge in [0.2, 0.25) is 0 Å². The Hall–Kier alpha value is -1.62. The normalized spacial score (nSPS) is 12.6. The van der Waals surface area contributed by atoms with Crippen LogP contribution in [0.4, 0.5) is 5.69 Å². The number of aromatic amines is 1. The van der Waals surface area contributed by atoms with Crippen molar-refractivity contribution in [3.8, 4) is 0 Å². The van der Waals surface area contributed by atoms with Gasteiger partial charge < -0.3 is 15.6 Å². The molecule has 1 unspecified atom stereocenters. The number of carbonyl (C=O) groups is 1. The molecule has 4 nitrogen and oxygen atoms in total. The number of hydrogen-bond donors (Lipinski definition) is 2. The molecule has 1 atom stereocenters. The number of nitrogens with zero attached hydrogens (tertiary/aromatic N) is 1. The molecular formula is C14H19N3OS. The van der Waals surface area contributed by atoms with Gasteiger partial charge >= 0.3 is 0 Å². The highest BCUT2D eigenvalue weighted by atomic mass is 32.2. The maximum absolute atomic E-state index is 12.5. The summed E-state index contributed by atoms with van der Waals surface area (Å²) in [6, 6.07) is 5.76. The second-order valence-electron chi connectivity index (χ2n) is 4.73. The van der Waals surface area contributed by atoms with Crippen molar-refractivity contribution in [2.45, 2.75) is 13.0 Å². The zero-order valence-corrected chi connectivity index (χ0v) is 12.3. The molecular weight excluding hydrogens is 258 g/mol. The van der Waals surface area contributed by atoms with Gasteiger partial charge in [-0.05, 0) is 31.4 Å². The van der Waals surface area contributed by atoms with Crippen molar-refractivity contribution in [1.29, 1.82) is 0 Å². The summed E-state index contributed by atoms with van der Waals surface area (Å²) in [5.74, 6) is 0.950. The summed E-state index contributed by atoms with van der Waals surface area (Å²) in [5, 5.41) is 0.883. The Morgan fingerprint density at radius 2 is 2.26 bits per heavy atom. The summed E-state index contributed by atoms with van der Waals surface area (Å²) in [6.07, 6.45) is 3.80. The number of hydrogen-bond acceptors (Lipinski definition) is 3. The van der Waals surface area contributed by atoms with E-state index in [4.69, 9.17) is 5.73 Å². The Morgan fingerprint density at radius 3 is 2.95 bits per heavy atom. The Kier molecular flexibility index (Phi) is 4.04. The quantitative estimate of drug-likeness (QED) is 0.844. The number of thioether (sulfide) groups is 1. The molecule has 0 spiro atoms. The van der Waals surface area contributed by atoms with Gasteiger partial charge in [0.05, 0.1) is 5.56 Å². The molecule has 0 saturated carbocycles. The van der Waals surface area contributed by atoms with Crippen LogP contribution in [0.1, 0.15) is 17.3 Å². The van der Waals surface area contributed by atoms with Crippen LogP contribution >= 0.6 is 11.8 Å². The number of rotatable bonds is 4. The van der Waals surface area contributed by atoms with Gasteiger partial charge in [-0.15, -0.1) is 0 Å². The van der Waals surface area contributed by atoms with E-state index in [0.29, 0.717) is 11.3 Å². The minimum Gasteiger partial charge on any atom is -0.399 e. The molecule has 19 heavy (non-hydrogen) atoms. The molecule has 0 saturated heterocycles. The Morgan fingerprint density at radius 1 is 1.53 bits per heavy atom. The van der Waals surface area contributed by atoms with Gasteiger partial charge in [-0.2, -0.15) is 11.8 Å². The maximum Gasteiger partial charge on any atom is 0.256 e. The molecule has 0 aliphatic carbocycles. The fourth-order valence-corrected chi connectivity index (χ4v) is 2.76. The molecule has 102 valence electrons. The zero-order valence-electron chi connectivity index (χ0n) is 11.4. The predicted molar refractivity (Wildman–Crippen MR) is 82.6 cm³/mol. The van der Waals surface area contributed by atoms with Crippen molar-refractivity contribution in [3.63, 3.8) is 0 Å². The van der Waals surface area contributed by atoms with Gasteiger partial charge in [0.1, 0.15) is 0 Å². The van der Waals surface area contributed by atoms with Crippen LogP contribution in [0.25, 0.3) is 10.9 Å². The lowest BCUT2D eigenvalue weighted by atomic mass is 10.1. The van der Waals surface area contributed by atoms with E-state index in [0.717, 1.165) is 16.7 Å². The lowest BCUT2D eigenvalue weighted by molar-refractivity contribution is 0.0759. The van der Waals surface area contributed by atoms with Gasteiger partial charge in [-0.3, -0.25) is 4.79 Å². The van der Waals surface area contributed by atoms with Crippen LogP contribution in [0.2, 0.25) is 0 Å². The first kappa shape index (κ1) is 13.8. The fraction of sp³-hybridized carbons (Fsp3) is 0.357. The van der Waals surface area contributed by atoms with Crippen LogP contribution in [0.15, 0.2) is 24.4 Å². The largest absolute Gasteiger partial charge is 0.399 e. The molecule has 3 N–H and O–H groups in total. The van der Waals surface area contributed by atoms with Crippen LogP contribution in [-0.4, -0.2) is 40.9 Å². The number of anilines is 1. The zero-order chi connectivity index (χ0) is 14.0. The summed E-state index contributed by atoms with van der Waals surface area (Å²) < 4.78 is 0. The number of H-pyrrole nitrogens is 1. The third kappa shape index (κ3) is 2.71. The molecule has 5 heteroatoms. The molecule has 0 fully saturated rings. The smallest absolute Gasteiger partial charge is 0.256 e. The first-order valence-corrected chi connectivity index (χ1v) is 7.56. The highest BCUT2D eigenvalue weighted by Gasteiger charge is 2.20. The van der Waals surface area contributed by atoms with Crippen LogP contribution in [0.5, 0.6) is 0 Å². The molecule has 0 bridgehead atoms. The van der Waals surface area contributed by atoms with Crippen LogP contribution in [0, 0.1) is 0 Å². The minimum atomic E-state index is 0.0263. The Balaban J connectivity index is 2.33. The minimum absolute atomic E-state index is 0.0263. The third-order valence-electron chi connectivity index (χ3n) is 3.33. The van der Waals surface area contributed by atoms with Gasteiger partial charge in [0.25, 0.3) is 5.91 Å². The predicted octanol–water partition coefficient (Wildman–Crippen LogP) is 2.57. The number of amides is 1. The average molecular weight is 277 g/mol. The van der Waals surface area contributed by atoms with E-state index >= 15 is 0 Å². The first-order valence-electron chi connectivity index (χ1n) is 6.17. The second-order valence-corrected chi connectivity index (χ2v) is 5.64. The summed E-state index contributed by atoms with van der Waals surface area (Å²) >= 11 is 1.74. The van der Waals surface area contributed by atoms with Crippen LogP contribution in [-0.2, 0) is 0 Å². The molecule has 1 heterocycles. The van der Waals surface area contributed by atoms with Crippen molar-refractivity contribution in [2.24, 2.45) is 0 Å². The molecule has 1 aromatic carbocycles. The van der Waals surface area contributed by atoms with Gasteiger partial charge in [-0.25, -0.2) is 0 Å². The molecule has 1 aromatic heterocycles. The average Bonchev–Trinajstić information content (AvgIpc) is 2.80. The van der Waals surface area contributed by atoms with Crippen molar-refractivity contribution >= 4 is 34.3 Å². The van der Waals surface area contributed by atoms with Gasteiger partial charge in [-0.1, -0.05) is 0 Å². The number of carbonyl (C=O) groups excluding carboxylic acids is 1. The number of fused-ring (bicyclic) bond motifs is 1. The van der Waals surface area contributed by atoms with E-state index in [1.54, 1.807) is 22.9 Å². The van der Waals surface area contributed by atoms with Crippen LogP contribution in [0.3, 0.4) is 0 Å². The monoisotopic (exact) mass is 277 g/mol. The second kappa shape index (κ2) is 5.57. The summed E-state index contributed by atoms with van der Waals surface area (Å²) in [4.78, 5) is 17.4. The van der Waals surface area contributed by atoms with Crippen molar-refractivity contribution in [2.75, 3.05) is 24.8 Å². The summed E-state index contributed by atoms with van der Waals surface area (Å²) in [5.41, 5.74) is 8.07. The number of aromatic nitrogens is 1. The number of nitrogens with one attached hydrogen (secondary N) is 1. The van der Waals surface area contributed by atoms with Gasteiger partial charge in [0.15, 0.2) is 0 Å². The Labute approximate surface area is 117 Å². The number of nitrogens with two attached hydrogens (primary N) is 1. The molecule has 1 amide bonds. The van der Waals surface area contributed by atoms with E-state index in [9.17, 15) is 4.79 Å². The first-order chi connectivity index (χ1) is 9.04. The van der Waals surface area contributed by atoms with Gasteiger partial charge in [0, 0.05) is 41.6 Å². The maximum atomic E-state index is 12.5. The third-order valence-corrected chi connectivity index (χ3v) is 4.14.